The number of hydrogen-bond donors (Lipinski definition) is 1. The Bertz CT molecular complexity index is 179. The predicted octanol–water partition coefficient (Wildman–Crippen LogP) is 0.642. The minimum absolute atomic E-state index is 0. The summed E-state index contributed by atoms with van der Waals surface area (Å²) >= 11 is 0. The molecule has 0 bridgehead atoms. The van der Waals surface area contributed by atoms with Crippen LogP contribution in [0.2, 0.25) is 0 Å². The van der Waals surface area contributed by atoms with Crippen LogP contribution in [0.15, 0.2) is 0 Å². The Labute approximate surface area is 95.7 Å². The fraction of sp³-hybridized carbons (Fsp3) is 0.778. The van der Waals surface area contributed by atoms with Crippen LogP contribution >= 0.6 is 12.4 Å². The zero-order valence-electron chi connectivity index (χ0n) is 9.02. The summed E-state index contributed by atoms with van der Waals surface area (Å²) in [6.45, 7) is 0. The van der Waals surface area contributed by atoms with E-state index in [0.717, 1.165) is 0 Å². The summed E-state index contributed by atoms with van der Waals surface area (Å²) in [5, 5.41) is 0. The van der Waals surface area contributed by atoms with E-state index in [-0.39, 0.29) is 30.4 Å². The Morgan fingerprint density at radius 1 is 1.07 bits per heavy atom. The van der Waals surface area contributed by atoms with Crippen molar-refractivity contribution in [1.29, 1.82) is 0 Å². The maximum atomic E-state index is 10.7. The monoisotopic (exact) mass is 239 g/mol. The molecule has 15 heavy (non-hydrogen) atoms. The van der Waals surface area contributed by atoms with Gasteiger partial charge in [-0.15, -0.1) is 12.4 Å². The fourth-order valence-corrected chi connectivity index (χ4v) is 0.955. The molecule has 0 amide bonds. The van der Waals surface area contributed by atoms with Gasteiger partial charge in [-0.2, -0.15) is 0 Å². The summed E-state index contributed by atoms with van der Waals surface area (Å²) in [4.78, 5) is 21.5. The van der Waals surface area contributed by atoms with Gasteiger partial charge in [-0.1, -0.05) is 0 Å². The highest BCUT2D eigenvalue weighted by Gasteiger charge is 2.09. The van der Waals surface area contributed by atoms with E-state index in [9.17, 15) is 9.59 Å². The minimum Gasteiger partial charge on any atom is -0.469 e. The second-order valence-corrected chi connectivity index (χ2v) is 2.99. The van der Waals surface area contributed by atoms with Crippen LogP contribution in [0.4, 0.5) is 0 Å². The molecule has 0 radical (unpaired) electrons. The molecule has 2 N–H and O–H groups in total. The lowest BCUT2D eigenvalue weighted by molar-refractivity contribution is -0.141. The van der Waals surface area contributed by atoms with Crippen LogP contribution in [0.25, 0.3) is 0 Å². The fourth-order valence-electron chi connectivity index (χ4n) is 0.955. The normalized spacial score (nSPS) is 9.33. The highest BCUT2D eigenvalue weighted by Crippen LogP contribution is 2.03. The Kier molecular flexibility index (Phi) is 10.8. The topological polar surface area (TPSA) is 78.6 Å². The summed E-state index contributed by atoms with van der Waals surface area (Å²) in [7, 11) is 2.67. The van der Waals surface area contributed by atoms with E-state index in [1.807, 2.05) is 0 Å². The van der Waals surface area contributed by atoms with E-state index >= 15 is 0 Å². The van der Waals surface area contributed by atoms with Gasteiger partial charge in [0, 0.05) is 18.9 Å². The lowest BCUT2D eigenvalue weighted by Crippen LogP contribution is -2.22. The highest BCUT2D eigenvalue weighted by molar-refractivity contribution is 5.85. The highest BCUT2D eigenvalue weighted by atomic mass is 35.5. The molecule has 0 spiro atoms. The van der Waals surface area contributed by atoms with Crippen molar-refractivity contribution < 1.29 is 19.1 Å². The van der Waals surface area contributed by atoms with E-state index < -0.39 is 0 Å². The second-order valence-electron chi connectivity index (χ2n) is 2.99. The molecule has 0 atom stereocenters. The van der Waals surface area contributed by atoms with E-state index in [0.29, 0.717) is 25.7 Å². The van der Waals surface area contributed by atoms with Crippen LogP contribution in [-0.4, -0.2) is 32.2 Å². The molecule has 0 aliphatic rings. The van der Waals surface area contributed by atoms with Crippen LogP contribution in [0, 0.1) is 0 Å². The van der Waals surface area contributed by atoms with Crippen molar-refractivity contribution in [2.45, 2.75) is 31.7 Å². The molecule has 0 aromatic heterocycles. The van der Waals surface area contributed by atoms with Crippen LogP contribution in [-0.2, 0) is 19.1 Å². The lowest BCUT2D eigenvalue weighted by atomic mass is 10.1. The van der Waals surface area contributed by atoms with Gasteiger partial charge in [-0.25, -0.2) is 0 Å². The zero-order valence-corrected chi connectivity index (χ0v) is 9.84. The maximum Gasteiger partial charge on any atom is 0.305 e. The van der Waals surface area contributed by atoms with Gasteiger partial charge in [0.1, 0.15) is 0 Å². The van der Waals surface area contributed by atoms with Gasteiger partial charge in [0.2, 0.25) is 0 Å². The van der Waals surface area contributed by atoms with E-state index in [4.69, 9.17) is 5.73 Å². The van der Waals surface area contributed by atoms with Gasteiger partial charge in [0.25, 0.3) is 0 Å². The maximum absolute atomic E-state index is 10.7. The van der Waals surface area contributed by atoms with Crippen LogP contribution < -0.4 is 5.73 Å². The predicted molar refractivity (Wildman–Crippen MR) is 57.7 cm³/mol. The summed E-state index contributed by atoms with van der Waals surface area (Å²) in [5.41, 5.74) is 5.66. The van der Waals surface area contributed by atoms with E-state index in [1.54, 1.807) is 0 Å². The van der Waals surface area contributed by atoms with Crippen LogP contribution in [0.1, 0.15) is 25.7 Å². The number of ether oxygens (including phenoxy) is 2. The van der Waals surface area contributed by atoms with Gasteiger partial charge >= 0.3 is 11.9 Å². The summed E-state index contributed by atoms with van der Waals surface area (Å²) < 4.78 is 8.92. The van der Waals surface area contributed by atoms with E-state index in [1.165, 1.54) is 14.2 Å². The number of carbonyl (C=O) groups is 2. The third kappa shape index (κ3) is 9.49. The number of carbonyl (C=O) groups excluding carboxylic acids is 2. The third-order valence-electron chi connectivity index (χ3n) is 1.89. The molecule has 0 heterocycles. The first-order chi connectivity index (χ1) is 6.60. The first kappa shape index (κ1) is 16.6. The van der Waals surface area contributed by atoms with Crippen molar-refractivity contribution in [2.75, 3.05) is 14.2 Å². The second kappa shape index (κ2) is 9.73. The SMILES string of the molecule is COC(=O)CCC(N)CCC(=O)OC.Cl. The number of esters is 2. The molecule has 0 saturated carbocycles. The molecule has 0 fully saturated rings. The number of halogens is 1. The van der Waals surface area contributed by atoms with Gasteiger partial charge in [0.05, 0.1) is 14.2 Å². The molecule has 90 valence electrons. The Hall–Kier alpha value is -0.810. The van der Waals surface area contributed by atoms with Crippen molar-refractivity contribution in [2.24, 2.45) is 5.73 Å². The van der Waals surface area contributed by atoms with Gasteiger partial charge in [0.15, 0.2) is 0 Å². The third-order valence-corrected chi connectivity index (χ3v) is 1.89. The summed E-state index contributed by atoms with van der Waals surface area (Å²) in [6.07, 6.45) is 1.64. The molecular weight excluding hydrogens is 222 g/mol. The standard InChI is InChI=1S/C9H17NO4.ClH/c1-13-8(11)5-3-7(10)4-6-9(12)14-2;/h7H,3-6,10H2,1-2H3;1H. The lowest BCUT2D eigenvalue weighted by Gasteiger charge is -2.09. The smallest absolute Gasteiger partial charge is 0.305 e. The summed E-state index contributed by atoms with van der Waals surface area (Å²) in [6, 6.07) is -0.159. The first-order valence-electron chi connectivity index (χ1n) is 4.49. The molecule has 0 saturated heterocycles. The van der Waals surface area contributed by atoms with Crippen LogP contribution in [0.5, 0.6) is 0 Å². The molecular formula is C9H18ClNO4. The molecule has 0 aliphatic carbocycles. The quantitative estimate of drug-likeness (QED) is 0.689. The molecule has 5 nitrogen and oxygen atoms in total. The molecule has 0 aromatic rings. The first-order valence-corrected chi connectivity index (χ1v) is 4.49. The van der Waals surface area contributed by atoms with Crippen molar-refractivity contribution >= 4 is 24.3 Å². The molecule has 0 rings (SSSR count). The average Bonchev–Trinajstić information content (AvgIpc) is 2.22. The molecule has 6 heteroatoms. The van der Waals surface area contributed by atoms with Gasteiger partial charge < -0.3 is 15.2 Å². The Morgan fingerprint density at radius 2 is 1.40 bits per heavy atom. The average molecular weight is 240 g/mol. The number of nitrogens with two attached hydrogens (primary N) is 1. The van der Waals surface area contributed by atoms with Crippen LogP contribution in [0.3, 0.4) is 0 Å². The van der Waals surface area contributed by atoms with Crippen molar-refractivity contribution in [3.63, 3.8) is 0 Å². The van der Waals surface area contributed by atoms with Gasteiger partial charge in [-0.3, -0.25) is 9.59 Å². The molecule has 0 aromatic carbocycles. The Morgan fingerprint density at radius 3 is 1.67 bits per heavy atom. The summed E-state index contributed by atoms with van der Waals surface area (Å²) in [5.74, 6) is -0.558. The van der Waals surface area contributed by atoms with Crippen molar-refractivity contribution in [3.8, 4) is 0 Å². The number of methoxy groups -OCH3 is 2. The zero-order chi connectivity index (χ0) is 11.0. The minimum atomic E-state index is -0.279. The number of hydrogen-bond acceptors (Lipinski definition) is 5. The van der Waals surface area contributed by atoms with Crippen molar-refractivity contribution in [1.82, 2.24) is 0 Å². The molecule has 0 unspecified atom stereocenters. The van der Waals surface area contributed by atoms with Gasteiger partial charge in [-0.05, 0) is 12.8 Å². The van der Waals surface area contributed by atoms with E-state index in [2.05, 4.69) is 9.47 Å². The Balaban J connectivity index is 0. The van der Waals surface area contributed by atoms with Crippen molar-refractivity contribution in [3.05, 3.63) is 0 Å². The largest absolute Gasteiger partial charge is 0.469 e. The molecule has 0 aliphatic heterocycles. The number of rotatable bonds is 6.